The van der Waals surface area contributed by atoms with Gasteiger partial charge < -0.3 is 10.1 Å². The van der Waals surface area contributed by atoms with Gasteiger partial charge in [0.15, 0.2) is 6.61 Å². The van der Waals surface area contributed by atoms with E-state index in [4.69, 9.17) is 39.5 Å². The lowest BCUT2D eigenvalue weighted by Gasteiger charge is -2.10. The maximum absolute atomic E-state index is 11.8. The summed E-state index contributed by atoms with van der Waals surface area (Å²) in [5, 5.41) is 3.21. The van der Waals surface area contributed by atoms with E-state index < -0.39 is 18.5 Å². The van der Waals surface area contributed by atoms with Gasteiger partial charge in [0.05, 0.1) is 19.5 Å². The van der Waals surface area contributed by atoms with E-state index in [1.165, 1.54) is 23.5 Å². The number of hydrogen-bond acceptors (Lipinski definition) is 4. The number of halogens is 4. The molecule has 1 aromatic carbocycles. The van der Waals surface area contributed by atoms with Crippen molar-refractivity contribution in [2.75, 3.05) is 11.9 Å². The van der Waals surface area contributed by atoms with Crippen molar-refractivity contribution < 1.29 is 14.3 Å². The van der Waals surface area contributed by atoms with E-state index in [1.54, 1.807) is 12.1 Å². The number of hydrogen-bond donors (Lipinski definition) is 1. The standard InChI is InChI=1S/C13H7BrCl3NO3S/c14-10-2-1-9(22-10)13(20)21-5-11(19)18-12-7(16)3-6(15)4-8(12)17/h1-4H,5H2,(H,18,19). The van der Waals surface area contributed by atoms with Crippen molar-refractivity contribution in [3.63, 3.8) is 0 Å². The van der Waals surface area contributed by atoms with E-state index in [0.29, 0.717) is 9.90 Å². The average Bonchev–Trinajstić information content (AvgIpc) is 2.87. The van der Waals surface area contributed by atoms with Crippen molar-refractivity contribution in [3.8, 4) is 0 Å². The van der Waals surface area contributed by atoms with Crippen molar-refractivity contribution in [3.05, 3.63) is 48.0 Å². The second kappa shape index (κ2) is 7.66. The molecule has 0 bridgehead atoms. The van der Waals surface area contributed by atoms with Crippen LogP contribution in [-0.2, 0) is 9.53 Å². The van der Waals surface area contributed by atoms with E-state index in [9.17, 15) is 9.59 Å². The van der Waals surface area contributed by atoms with Crippen LogP contribution in [0.4, 0.5) is 5.69 Å². The molecule has 0 saturated carbocycles. The number of esters is 1. The topological polar surface area (TPSA) is 55.4 Å². The third kappa shape index (κ3) is 4.60. The molecule has 1 aromatic heterocycles. The number of nitrogens with one attached hydrogen (secondary N) is 1. The summed E-state index contributed by atoms with van der Waals surface area (Å²) in [6.07, 6.45) is 0. The van der Waals surface area contributed by atoms with Gasteiger partial charge in [-0.25, -0.2) is 4.79 Å². The smallest absolute Gasteiger partial charge is 0.348 e. The fourth-order valence-electron chi connectivity index (χ4n) is 1.46. The van der Waals surface area contributed by atoms with Crippen LogP contribution >= 0.6 is 62.1 Å². The summed E-state index contributed by atoms with van der Waals surface area (Å²) in [6.45, 7) is -0.455. The summed E-state index contributed by atoms with van der Waals surface area (Å²) in [6, 6.07) is 6.20. The zero-order chi connectivity index (χ0) is 16.3. The first-order valence-corrected chi connectivity index (χ1v) is 8.48. The average molecular weight is 444 g/mol. The predicted molar refractivity (Wildman–Crippen MR) is 92.4 cm³/mol. The zero-order valence-electron chi connectivity index (χ0n) is 10.7. The van der Waals surface area contributed by atoms with E-state index in [2.05, 4.69) is 21.2 Å². The summed E-state index contributed by atoms with van der Waals surface area (Å²) in [5.41, 5.74) is 0.215. The quantitative estimate of drug-likeness (QED) is 0.656. The van der Waals surface area contributed by atoms with Crippen LogP contribution in [0.5, 0.6) is 0 Å². The molecular formula is C13H7BrCl3NO3S. The van der Waals surface area contributed by atoms with Crippen molar-refractivity contribution in [1.82, 2.24) is 0 Å². The summed E-state index contributed by atoms with van der Waals surface area (Å²) in [7, 11) is 0. The Morgan fingerprint density at radius 3 is 2.36 bits per heavy atom. The molecule has 0 aliphatic carbocycles. The van der Waals surface area contributed by atoms with Crippen LogP contribution in [0, 0.1) is 0 Å². The molecule has 4 nitrogen and oxygen atoms in total. The molecule has 1 amide bonds. The SMILES string of the molecule is O=C(COC(=O)c1ccc(Br)s1)Nc1c(Cl)cc(Cl)cc1Cl. The van der Waals surface area contributed by atoms with E-state index in [1.807, 2.05) is 0 Å². The van der Waals surface area contributed by atoms with Gasteiger partial charge in [-0.05, 0) is 40.2 Å². The number of amides is 1. The summed E-state index contributed by atoms with van der Waals surface area (Å²) < 4.78 is 5.70. The molecule has 1 heterocycles. The van der Waals surface area contributed by atoms with Gasteiger partial charge in [-0.3, -0.25) is 4.79 Å². The second-order valence-electron chi connectivity index (χ2n) is 3.97. The maximum atomic E-state index is 11.8. The van der Waals surface area contributed by atoms with Crippen LogP contribution in [0.25, 0.3) is 0 Å². The van der Waals surface area contributed by atoms with Gasteiger partial charge in [0.2, 0.25) is 0 Å². The number of thiophene rings is 1. The number of rotatable bonds is 4. The van der Waals surface area contributed by atoms with Crippen molar-refractivity contribution in [1.29, 1.82) is 0 Å². The van der Waals surface area contributed by atoms with Crippen LogP contribution in [0.1, 0.15) is 9.67 Å². The van der Waals surface area contributed by atoms with Crippen LogP contribution in [0.2, 0.25) is 15.1 Å². The molecule has 0 atom stereocenters. The highest BCUT2D eigenvalue weighted by atomic mass is 79.9. The summed E-state index contributed by atoms with van der Waals surface area (Å²) in [4.78, 5) is 23.9. The molecule has 22 heavy (non-hydrogen) atoms. The Bertz CT molecular complexity index is 712. The summed E-state index contributed by atoms with van der Waals surface area (Å²) in [5.74, 6) is -1.14. The molecule has 0 aliphatic heterocycles. The Balaban J connectivity index is 1.95. The predicted octanol–water partition coefficient (Wildman–Crippen LogP) is 5.27. The van der Waals surface area contributed by atoms with Gasteiger partial charge in [0.25, 0.3) is 5.91 Å². The molecular weight excluding hydrogens is 436 g/mol. The molecule has 2 rings (SSSR count). The Morgan fingerprint density at radius 2 is 1.82 bits per heavy atom. The molecule has 9 heteroatoms. The van der Waals surface area contributed by atoms with E-state index in [-0.39, 0.29) is 15.7 Å². The minimum absolute atomic E-state index is 0.194. The van der Waals surface area contributed by atoms with Crippen molar-refractivity contribution >= 4 is 79.6 Å². The van der Waals surface area contributed by atoms with Crippen LogP contribution in [0.3, 0.4) is 0 Å². The second-order valence-corrected chi connectivity index (χ2v) is 7.69. The molecule has 0 unspecified atom stereocenters. The van der Waals surface area contributed by atoms with Gasteiger partial charge in [-0.15, -0.1) is 11.3 Å². The number of carbonyl (C=O) groups excluding carboxylic acids is 2. The molecule has 0 radical (unpaired) electrons. The molecule has 0 fully saturated rings. The van der Waals surface area contributed by atoms with Gasteiger partial charge in [-0.2, -0.15) is 0 Å². The van der Waals surface area contributed by atoms with Crippen molar-refractivity contribution in [2.45, 2.75) is 0 Å². The number of carbonyl (C=O) groups is 2. The third-order valence-corrected chi connectivity index (χ3v) is 4.80. The van der Waals surface area contributed by atoms with Gasteiger partial charge in [0.1, 0.15) is 4.88 Å². The number of ether oxygens (including phenoxy) is 1. The Labute approximate surface area is 153 Å². The maximum Gasteiger partial charge on any atom is 0.348 e. The highest BCUT2D eigenvalue weighted by Gasteiger charge is 2.15. The Hall–Kier alpha value is -0.790. The van der Waals surface area contributed by atoms with Gasteiger partial charge in [0, 0.05) is 5.02 Å². The first-order valence-electron chi connectivity index (χ1n) is 5.73. The van der Waals surface area contributed by atoms with Gasteiger partial charge in [-0.1, -0.05) is 34.8 Å². The molecule has 0 spiro atoms. The highest BCUT2D eigenvalue weighted by molar-refractivity contribution is 9.11. The lowest BCUT2D eigenvalue weighted by atomic mass is 10.3. The Kier molecular flexibility index (Phi) is 6.11. The molecule has 0 aliphatic rings. The normalized spacial score (nSPS) is 10.4. The summed E-state index contributed by atoms with van der Waals surface area (Å²) >= 11 is 22.1. The van der Waals surface area contributed by atoms with Gasteiger partial charge >= 0.3 is 5.97 Å². The molecule has 2 aromatic rings. The highest BCUT2D eigenvalue weighted by Crippen LogP contribution is 2.33. The molecule has 1 N–H and O–H groups in total. The fraction of sp³-hybridized carbons (Fsp3) is 0.0769. The lowest BCUT2D eigenvalue weighted by Crippen LogP contribution is -2.21. The molecule has 0 saturated heterocycles. The largest absolute Gasteiger partial charge is 0.451 e. The van der Waals surface area contributed by atoms with Crippen LogP contribution in [-0.4, -0.2) is 18.5 Å². The minimum Gasteiger partial charge on any atom is -0.451 e. The number of anilines is 1. The monoisotopic (exact) mass is 441 g/mol. The van der Waals surface area contributed by atoms with Crippen LogP contribution < -0.4 is 5.32 Å². The lowest BCUT2D eigenvalue weighted by molar-refractivity contribution is -0.119. The third-order valence-electron chi connectivity index (χ3n) is 2.38. The molecule has 116 valence electrons. The van der Waals surface area contributed by atoms with E-state index >= 15 is 0 Å². The minimum atomic E-state index is -0.584. The van der Waals surface area contributed by atoms with Crippen molar-refractivity contribution in [2.24, 2.45) is 0 Å². The first-order chi connectivity index (χ1) is 10.4. The zero-order valence-corrected chi connectivity index (χ0v) is 15.3. The first kappa shape index (κ1) is 17.6. The fourth-order valence-corrected chi connectivity index (χ4v) is 3.65. The Morgan fingerprint density at radius 1 is 1.18 bits per heavy atom. The van der Waals surface area contributed by atoms with Crippen LogP contribution in [0.15, 0.2) is 28.1 Å². The number of benzene rings is 1. The van der Waals surface area contributed by atoms with E-state index in [0.717, 1.165) is 3.79 Å².